The van der Waals surface area contributed by atoms with Crippen LogP contribution in [0.1, 0.15) is 47.1 Å². The number of fused-ring (bicyclic) bond motifs is 1. The van der Waals surface area contributed by atoms with E-state index >= 15 is 0 Å². The number of hydrogen-bond acceptors (Lipinski definition) is 2. The Kier molecular flexibility index (Phi) is 5.43. The van der Waals surface area contributed by atoms with Gasteiger partial charge in [-0.15, -0.1) is 0 Å². The maximum atomic E-state index is 11.5. The van der Waals surface area contributed by atoms with Crippen molar-refractivity contribution in [1.82, 2.24) is 9.38 Å². The highest BCUT2D eigenvalue weighted by Gasteiger charge is 2.13. The lowest BCUT2D eigenvalue weighted by Gasteiger charge is -2.09. The third kappa shape index (κ3) is 3.92. The van der Waals surface area contributed by atoms with Crippen molar-refractivity contribution in [3.05, 3.63) is 95.4 Å². The van der Waals surface area contributed by atoms with Crippen LogP contribution in [0.15, 0.2) is 72.9 Å². The summed E-state index contributed by atoms with van der Waals surface area (Å²) in [5.74, 6) is -0.907. The molecule has 4 nitrogen and oxygen atoms in total. The van der Waals surface area contributed by atoms with Gasteiger partial charge in [0.15, 0.2) is 0 Å². The van der Waals surface area contributed by atoms with Crippen molar-refractivity contribution in [1.29, 1.82) is 0 Å². The van der Waals surface area contributed by atoms with Gasteiger partial charge in [-0.05, 0) is 47.7 Å². The SMILES string of the molecule is CCCCc1nc2ccccn2c1Cc1ccc(-c2ccccc2C(=O)O)cc1. The lowest BCUT2D eigenvalue weighted by atomic mass is 9.97. The predicted molar refractivity (Wildman–Crippen MR) is 115 cm³/mol. The molecular weight excluding hydrogens is 360 g/mol. The third-order valence-corrected chi connectivity index (χ3v) is 5.27. The second-order valence-electron chi connectivity index (χ2n) is 7.26. The van der Waals surface area contributed by atoms with Gasteiger partial charge in [0.2, 0.25) is 0 Å². The van der Waals surface area contributed by atoms with E-state index in [1.807, 2.05) is 42.5 Å². The number of aromatic carboxylic acids is 1. The topological polar surface area (TPSA) is 54.6 Å². The summed E-state index contributed by atoms with van der Waals surface area (Å²) in [6.07, 6.45) is 6.13. The molecule has 1 N–H and O–H groups in total. The summed E-state index contributed by atoms with van der Waals surface area (Å²) in [6, 6.07) is 21.4. The number of carboxylic acid groups (broad SMARTS) is 1. The lowest BCUT2D eigenvalue weighted by Crippen LogP contribution is -2.00. The van der Waals surface area contributed by atoms with E-state index in [4.69, 9.17) is 4.98 Å². The Balaban J connectivity index is 1.66. The molecule has 0 aliphatic heterocycles. The highest BCUT2D eigenvalue weighted by atomic mass is 16.4. The summed E-state index contributed by atoms with van der Waals surface area (Å²) >= 11 is 0. The van der Waals surface area contributed by atoms with Crippen molar-refractivity contribution >= 4 is 11.6 Å². The summed E-state index contributed by atoms with van der Waals surface area (Å²) in [4.78, 5) is 16.4. The van der Waals surface area contributed by atoms with E-state index in [-0.39, 0.29) is 0 Å². The molecule has 0 bridgehead atoms. The molecule has 2 aromatic heterocycles. The molecule has 0 fully saturated rings. The van der Waals surface area contributed by atoms with Crippen molar-refractivity contribution in [2.45, 2.75) is 32.6 Å². The summed E-state index contributed by atoms with van der Waals surface area (Å²) < 4.78 is 2.18. The molecule has 4 aromatic rings. The fourth-order valence-electron chi connectivity index (χ4n) is 3.74. The van der Waals surface area contributed by atoms with Crippen molar-refractivity contribution in [2.24, 2.45) is 0 Å². The van der Waals surface area contributed by atoms with Gasteiger partial charge in [0, 0.05) is 12.6 Å². The molecule has 0 saturated carbocycles. The molecule has 0 atom stereocenters. The van der Waals surface area contributed by atoms with Crippen LogP contribution in [-0.2, 0) is 12.8 Å². The predicted octanol–water partition coefficient (Wildman–Crippen LogP) is 5.63. The molecule has 0 radical (unpaired) electrons. The standard InChI is InChI=1S/C25H24N2O2/c1-2-3-10-22-23(27-16-7-6-11-24(27)26-22)17-18-12-14-19(15-13-18)20-8-4-5-9-21(20)25(28)29/h4-9,11-16H,2-3,10,17H2,1H3,(H,28,29). The third-order valence-electron chi connectivity index (χ3n) is 5.27. The van der Waals surface area contributed by atoms with Gasteiger partial charge in [0.25, 0.3) is 0 Å². The van der Waals surface area contributed by atoms with Gasteiger partial charge in [0.05, 0.1) is 17.0 Å². The normalized spacial score (nSPS) is 11.1. The Bertz CT molecular complexity index is 1140. The number of nitrogens with zero attached hydrogens (tertiary/aromatic N) is 2. The second kappa shape index (κ2) is 8.31. The molecule has 0 unspecified atom stereocenters. The smallest absolute Gasteiger partial charge is 0.336 e. The zero-order valence-corrected chi connectivity index (χ0v) is 16.5. The van der Waals surface area contributed by atoms with Crippen LogP contribution in [0.5, 0.6) is 0 Å². The summed E-state index contributed by atoms with van der Waals surface area (Å²) in [6.45, 7) is 2.20. The van der Waals surface area contributed by atoms with E-state index in [0.717, 1.165) is 42.5 Å². The summed E-state index contributed by atoms with van der Waals surface area (Å²) in [5.41, 5.74) is 6.54. The minimum absolute atomic E-state index is 0.323. The molecule has 0 amide bonds. The monoisotopic (exact) mass is 384 g/mol. The van der Waals surface area contributed by atoms with Gasteiger partial charge in [-0.3, -0.25) is 0 Å². The van der Waals surface area contributed by atoms with Crippen LogP contribution in [0.2, 0.25) is 0 Å². The molecule has 146 valence electrons. The van der Waals surface area contributed by atoms with E-state index in [1.165, 1.54) is 17.0 Å². The number of pyridine rings is 1. The van der Waals surface area contributed by atoms with Gasteiger partial charge in [-0.25, -0.2) is 9.78 Å². The number of imidazole rings is 1. The Hall–Kier alpha value is -3.40. The molecule has 2 heterocycles. The molecule has 0 spiro atoms. The van der Waals surface area contributed by atoms with Gasteiger partial charge in [-0.1, -0.05) is 61.9 Å². The number of unbranched alkanes of at least 4 members (excludes halogenated alkanes) is 1. The van der Waals surface area contributed by atoms with Crippen LogP contribution in [0.3, 0.4) is 0 Å². The van der Waals surface area contributed by atoms with Crippen LogP contribution in [-0.4, -0.2) is 20.5 Å². The van der Waals surface area contributed by atoms with E-state index in [2.05, 4.69) is 29.7 Å². The molecule has 0 aliphatic rings. The molecule has 4 heteroatoms. The Morgan fingerprint density at radius 1 is 1.00 bits per heavy atom. The number of benzene rings is 2. The van der Waals surface area contributed by atoms with E-state index in [0.29, 0.717) is 5.56 Å². The first kappa shape index (κ1) is 18.9. The van der Waals surface area contributed by atoms with Gasteiger partial charge in [-0.2, -0.15) is 0 Å². The van der Waals surface area contributed by atoms with Gasteiger partial charge in [0.1, 0.15) is 5.65 Å². The minimum atomic E-state index is -0.907. The fourth-order valence-corrected chi connectivity index (χ4v) is 3.74. The van der Waals surface area contributed by atoms with Crippen molar-refractivity contribution in [2.75, 3.05) is 0 Å². The number of aryl methyl sites for hydroxylation is 1. The Morgan fingerprint density at radius 3 is 2.52 bits per heavy atom. The highest BCUT2D eigenvalue weighted by molar-refractivity contribution is 5.95. The average Bonchev–Trinajstić information content (AvgIpc) is 3.10. The molecule has 29 heavy (non-hydrogen) atoms. The number of hydrogen-bond donors (Lipinski definition) is 1. The number of rotatable bonds is 7. The van der Waals surface area contributed by atoms with E-state index in [9.17, 15) is 9.90 Å². The molecule has 0 aliphatic carbocycles. The van der Waals surface area contributed by atoms with Crippen LogP contribution in [0.4, 0.5) is 0 Å². The van der Waals surface area contributed by atoms with Crippen molar-refractivity contribution in [3.63, 3.8) is 0 Å². The molecule has 4 rings (SSSR count). The molecule has 2 aromatic carbocycles. The maximum Gasteiger partial charge on any atom is 0.336 e. The van der Waals surface area contributed by atoms with Crippen LogP contribution in [0, 0.1) is 0 Å². The van der Waals surface area contributed by atoms with Gasteiger partial charge < -0.3 is 9.51 Å². The number of carbonyl (C=O) groups is 1. The minimum Gasteiger partial charge on any atom is -0.478 e. The zero-order chi connectivity index (χ0) is 20.2. The Morgan fingerprint density at radius 2 is 1.76 bits per heavy atom. The average molecular weight is 384 g/mol. The second-order valence-corrected chi connectivity index (χ2v) is 7.26. The first-order valence-corrected chi connectivity index (χ1v) is 10.0. The first-order chi connectivity index (χ1) is 14.2. The summed E-state index contributed by atoms with van der Waals surface area (Å²) in [7, 11) is 0. The zero-order valence-electron chi connectivity index (χ0n) is 16.5. The Labute approximate surface area is 170 Å². The number of carboxylic acids is 1. The quantitative estimate of drug-likeness (QED) is 0.449. The van der Waals surface area contributed by atoms with E-state index < -0.39 is 5.97 Å². The molecule has 0 saturated heterocycles. The highest BCUT2D eigenvalue weighted by Crippen LogP contribution is 2.25. The maximum absolute atomic E-state index is 11.5. The first-order valence-electron chi connectivity index (χ1n) is 10.0. The fraction of sp³-hybridized carbons (Fsp3) is 0.200. The lowest BCUT2D eigenvalue weighted by molar-refractivity contribution is 0.0697. The van der Waals surface area contributed by atoms with E-state index in [1.54, 1.807) is 12.1 Å². The number of aromatic nitrogens is 2. The van der Waals surface area contributed by atoms with Crippen molar-refractivity contribution < 1.29 is 9.90 Å². The largest absolute Gasteiger partial charge is 0.478 e. The van der Waals surface area contributed by atoms with Crippen LogP contribution < -0.4 is 0 Å². The van der Waals surface area contributed by atoms with Gasteiger partial charge >= 0.3 is 5.97 Å². The van der Waals surface area contributed by atoms with Crippen LogP contribution in [0.25, 0.3) is 16.8 Å². The van der Waals surface area contributed by atoms with Crippen molar-refractivity contribution in [3.8, 4) is 11.1 Å². The summed E-state index contributed by atoms with van der Waals surface area (Å²) in [5, 5.41) is 9.45. The van der Waals surface area contributed by atoms with Crippen LogP contribution >= 0.6 is 0 Å². The molecular formula is C25H24N2O2.